The Morgan fingerprint density at radius 3 is 2.87 bits per heavy atom. The van der Waals surface area contributed by atoms with Gasteiger partial charge in [0.2, 0.25) is 0 Å². The third kappa shape index (κ3) is 1.65. The van der Waals surface area contributed by atoms with Gasteiger partial charge in [-0.1, -0.05) is 18.2 Å². The van der Waals surface area contributed by atoms with Crippen LogP contribution in [0, 0.1) is 0 Å². The Kier molecular flexibility index (Phi) is 1.86. The van der Waals surface area contributed by atoms with Crippen molar-refractivity contribution in [3.63, 3.8) is 0 Å². The Balaban J connectivity index is 1.84. The number of hydrogen-bond donors (Lipinski definition) is 2. The Morgan fingerprint density at radius 1 is 1.27 bits per heavy atom. The summed E-state index contributed by atoms with van der Waals surface area (Å²) >= 11 is 0. The van der Waals surface area contributed by atoms with Gasteiger partial charge in [0.15, 0.2) is 0 Å². The van der Waals surface area contributed by atoms with E-state index in [1.807, 2.05) is 6.07 Å². The molecule has 2 N–H and O–H groups in total. The summed E-state index contributed by atoms with van der Waals surface area (Å²) in [6.45, 7) is 0. The molecule has 0 aliphatic heterocycles. The van der Waals surface area contributed by atoms with Crippen LogP contribution in [0.4, 0.5) is 0 Å². The zero-order valence-corrected chi connectivity index (χ0v) is 8.66. The van der Waals surface area contributed by atoms with Gasteiger partial charge in [0, 0.05) is 17.1 Å². The molecule has 0 radical (unpaired) electrons. The molecule has 0 amide bonds. The topological polar surface area (TPSA) is 36.0 Å². The van der Waals surface area contributed by atoms with Crippen molar-refractivity contribution in [3.8, 4) is 0 Å². The van der Waals surface area contributed by atoms with Crippen LogP contribution in [-0.4, -0.2) is 15.7 Å². The van der Waals surface area contributed by atoms with Gasteiger partial charge in [-0.15, -0.1) is 0 Å². The summed E-state index contributed by atoms with van der Waals surface area (Å²) in [6.07, 6.45) is 5.90. The van der Waals surface area contributed by atoms with Crippen molar-refractivity contribution in [2.75, 3.05) is 0 Å². The fourth-order valence-corrected chi connectivity index (χ4v) is 2.10. The van der Waals surface area contributed by atoms with Gasteiger partial charge < -0.3 is 10.1 Å². The average molecular weight is 201 g/mol. The van der Waals surface area contributed by atoms with E-state index in [4.69, 9.17) is 0 Å². The summed E-state index contributed by atoms with van der Waals surface area (Å²) in [5.74, 6) is 0. The monoisotopic (exact) mass is 201 g/mol. The molecule has 1 aromatic carbocycles. The van der Waals surface area contributed by atoms with E-state index in [-0.39, 0.29) is 5.60 Å². The summed E-state index contributed by atoms with van der Waals surface area (Å²) in [7, 11) is 0. The van der Waals surface area contributed by atoms with Gasteiger partial charge in [0.1, 0.15) is 0 Å². The second kappa shape index (κ2) is 3.11. The standard InChI is InChI=1S/C13H15NO/c15-13(7-8-13)6-5-10-9-14-12-4-2-1-3-11(10)12/h1-4,9,14-15H,5-8H2. The highest BCUT2D eigenvalue weighted by atomic mass is 16.3. The van der Waals surface area contributed by atoms with E-state index in [1.54, 1.807) is 0 Å². The number of aromatic nitrogens is 1. The molecule has 2 heteroatoms. The zero-order chi connectivity index (χ0) is 10.3. The van der Waals surface area contributed by atoms with Gasteiger partial charge >= 0.3 is 0 Å². The molecule has 0 spiro atoms. The van der Waals surface area contributed by atoms with Crippen LogP contribution in [0.1, 0.15) is 24.8 Å². The number of para-hydroxylation sites is 1. The summed E-state index contributed by atoms with van der Waals surface area (Å²) in [5.41, 5.74) is 2.18. The van der Waals surface area contributed by atoms with Crippen molar-refractivity contribution >= 4 is 10.9 Å². The first-order valence-corrected chi connectivity index (χ1v) is 5.54. The van der Waals surface area contributed by atoms with E-state index in [1.165, 1.54) is 16.5 Å². The minimum Gasteiger partial charge on any atom is -0.390 e. The number of aromatic amines is 1. The lowest BCUT2D eigenvalue weighted by Gasteiger charge is -2.05. The molecule has 0 bridgehead atoms. The Bertz CT molecular complexity index is 482. The molecule has 0 atom stereocenters. The number of rotatable bonds is 3. The van der Waals surface area contributed by atoms with Crippen molar-refractivity contribution in [1.29, 1.82) is 0 Å². The van der Waals surface area contributed by atoms with Gasteiger partial charge in [0.25, 0.3) is 0 Å². The number of benzene rings is 1. The summed E-state index contributed by atoms with van der Waals surface area (Å²) < 4.78 is 0. The van der Waals surface area contributed by atoms with E-state index >= 15 is 0 Å². The highest BCUT2D eigenvalue weighted by molar-refractivity contribution is 5.83. The maximum Gasteiger partial charge on any atom is 0.0653 e. The first kappa shape index (κ1) is 8.98. The minimum atomic E-state index is -0.335. The molecule has 2 nitrogen and oxygen atoms in total. The van der Waals surface area contributed by atoms with Crippen molar-refractivity contribution in [2.24, 2.45) is 0 Å². The number of fused-ring (bicyclic) bond motifs is 1. The SMILES string of the molecule is OC1(CCc2c[nH]c3ccccc23)CC1. The quantitative estimate of drug-likeness (QED) is 0.786. The second-order valence-electron chi connectivity index (χ2n) is 4.58. The summed E-state index contributed by atoms with van der Waals surface area (Å²) in [5, 5.41) is 11.1. The van der Waals surface area contributed by atoms with Crippen LogP contribution in [-0.2, 0) is 6.42 Å². The average Bonchev–Trinajstić information content (AvgIpc) is 2.86. The number of hydrogen-bond acceptors (Lipinski definition) is 1. The van der Waals surface area contributed by atoms with Crippen LogP contribution in [0.2, 0.25) is 0 Å². The largest absolute Gasteiger partial charge is 0.390 e. The number of nitrogens with one attached hydrogen (secondary N) is 1. The minimum absolute atomic E-state index is 0.335. The van der Waals surface area contributed by atoms with Crippen molar-refractivity contribution in [2.45, 2.75) is 31.3 Å². The first-order chi connectivity index (χ1) is 7.27. The third-order valence-corrected chi connectivity index (χ3v) is 3.36. The Labute approximate surface area is 88.9 Å². The molecule has 1 aliphatic rings. The van der Waals surface area contributed by atoms with Crippen LogP contribution in [0.15, 0.2) is 30.5 Å². The van der Waals surface area contributed by atoms with Crippen LogP contribution >= 0.6 is 0 Å². The lowest BCUT2D eigenvalue weighted by Crippen LogP contribution is -2.07. The van der Waals surface area contributed by atoms with Gasteiger partial charge in [-0.05, 0) is 37.3 Å². The lowest BCUT2D eigenvalue weighted by molar-refractivity contribution is 0.140. The first-order valence-electron chi connectivity index (χ1n) is 5.54. The molecule has 0 unspecified atom stereocenters. The summed E-state index contributed by atoms with van der Waals surface area (Å²) in [4.78, 5) is 3.26. The predicted octanol–water partition coefficient (Wildman–Crippen LogP) is 2.63. The van der Waals surface area contributed by atoms with Gasteiger partial charge in [-0.3, -0.25) is 0 Å². The Hall–Kier alpha value is -1.28. The molecule has 1 saturated carbocycles. The van der Waals surface area contributed by atoms with E-state index in [2.05, 4.69) is 29.4 Å². The molecule has 78 valence electrons. The van der Waals surface area contributed by atoms with Gasteiger partial charge in [-0.2, -0.15) is 0 Å². The second-order valence-corrected chi connectivity index (χ2v) is 4.58. The van der Waals surface area contributed by atoms with Crippen LogP contribution in [0.25, 0.3) is 10.9 Å². The lowest BCUT2D eigenvalue weighted by atomic mass is 10.1. The Morgan fingerprint density at radius 2 is 2.07 bits per heavy atom. The molecule has 1 heterocycles. The normalized spacial score (nSPS) is 18.2. The fourth-order valence-electron chi connectivity index (χ4n) is 2.10. The van der Waals surface area contributed by atoms with E-state index in [0.717, 1.165) is 25.7 Å². The smallest absolute Gasteiger partial charge is 0.0653 e. The van der Waals surface area contributed by atoms with E-state index in [9.17, 15) is 5.11 Å². The molecule has 1 fully saturated rings. The van der Waals surface area contributed by atoms with Crippen molar-refractivity contribution < 1.29 is 5.11 Å². The highest BCUT2D eigenvalue weighted by Gasteiger charge is 2.39. The van der Waals surface area contributed by atoms with Crippen molar-refractivity contribution in [1.82, 2.24) is 4.98 Å². The highest BCUT2D eigenvalue weighted by Crippen LogP contribution is 2.39. The molecular formula is C13H15NO. The van der Waals surface area contributed by atoms with E-state index < -0.39 is 0 Å². The van der Waals surface area contributed by atoms with Crippen molar-refractivity contribution in [3.05, 3.63) is 36.0 Å². The maximum atomic E-state index is 9.79. The molecule has 0 saturated heterocycles. The molecule has 15 heavy (non-hydrogen) atoms. The molecule has 1 aromatic heterocycles. The third-order valence-electron chi connectivity index (χ3n) is 3.36. The fraction of sp³-hybridized carbons (Fsp3) is 0.385. The van der Waals surface area contributed by atoms with Gasteiger partial charge in [-0.25, -0.2) is 0 Å². The zero-order valence-electron chi connectivity index (χ0n) is 8.66. The molecule has 3 rings (SSSR count). The number of H-pyrrole nitrogens is 1. The molecule has 2 aromatic rings. The maximum absolute atomic E-state index is 9.79. The van der Waals surface area contributed by atoms with Crippen LogP contribution in [0.3, 0.4) is 0 Å². The predicted molar refractivity (Wildman–Crippen MR) is 60.8 cm³/mol. The van der Waals surface area contributed by atoms with Crippen LogP contribution in [0.5, 0.6) is 0 Å². The number of aryl methyl sites for hydroxylation is 1. The molecule has 1 aliphatic carbocycles. The van der Waals surface area contributed by atoms with Gasteiger partial charge in [0.05, 0.1) is 5.60 Å². The van der Waals surface area contributed by atoms with E-state index in [0.29, 0.717) is 0 Å². The number of aliphatic hydroxyl groups is 1. The van der Waals surface area contributed by atoms with Crippen LogP contribution < -0.4 is 0 Å². The summed E-state index contributed by atoms with van der Waals surface area (Å²) in [6, 6.07) is 8.32. The molecular weight excluding hydrogens is 186 g/mol.